The molecule has 30 heavy (non-hydrogen) atoms. The lowest BCUT2D eigenvalue weighted by Gasteiger charge is -2.44. The minimum Gasteiger partial charge on any atom is -0.480 e. The minimum atomic E-state index is -0.987. The predicted molar refractivity (Wildman–Crippen MR) is 112 cm³/mol. The molecule has 2 unspecified atom stereocenters. The molecule has 162 valence electrons. The molecule has 6 nitrogen and oxygen atoms in total. The average Bonchev–Trinajstić information content (AvgIpc) is 2.75. The lowest BCUT2D eigenvalue weighted by Crippen LogP contribution is -2.52. The first-order valence-electron chi connectivity index (χ1n) is 10.3. The molecular formula is C24H30O6. The van der Waals surface area contributed by atoms with Crippen LogP contribution in [0.4, 0.5) is 0 Å². The van der Waals surface area contributed by atoms with Gasteiger partial charge in [0.2, 0.25) is 0 Å². The van der Waals surface area contributed by atoms with Crippen molar-refractivity contribution in [2.75, 3.05) is 13.2 Å². The topological polar surface area (TPSA) is 74.2 Å². The Hall–Kier alpha value is -2.25. The Kier molecular flexibility index (Phi) is 8.39. The maximum absolute atomic E-state index is 11.0. The van der Waals surface area contributed by atoms with E-state index in [9.17, 15) is 4.79 Å². The highest BCUT2D eigenvalue weighted by molar-refractivity contribution is 5.68. The average molecular weight is 414 g/mol. The van der Waals surface area contributed by atoms with E-state index in [2.05, 4.69) is 0 Å². The first kappa shape index (κ1) is 22.4. The molecule has 0 spiro atoms. The molecule has 5 atom stereocenters. The SMILES string of the molecule is CC1[C@H](OCc2ccccc2)OC(COCc2ccccc2)[C@H](C)[C@@H]1OCC(=O)O. The molecule has 1 heterocycles. The quantitative estimate of drug-likeness (QED) is 0.636. The smallest absolute Gasteiger partial charge is 0.329 e. The first-order chi connectivity index (χ1) is 14.5. The monoisotopic (exact) mass is 414 g/mol. The highest BCUT2D eigenvalue weighted by atomic mass is 16.7. The second-order valence-corrected chi connectivity index (χ2v) is 7.73. The molecule has 0 radical (unpaired) electrons. The Morgan fingerprint density at radius 2 is 1.50 bits per heavy atom. The van der Waals surface area contributed by atoms with Gasteiger partial charge in [0.25, 0.3) is 0 Å². The van der Waals surface area contributed by atoms with E-state index in [-0.39, 0.29) is 30.7 Å². The van der Waals surface area contributed by atoms with Crippen LogP contribution in [0.3, 0.4) is 0 Å². The Labute approximate surface area is 177 Å². The van der Waals surface area contributed by atoms with Gasteiger partial charge in [-0.05, 0) is 11.1 Å². The largest absolute Gasteiger partial charge is 0.480 e. The highest BCUT2D eigenvalue weighted by Gasteiger charge is 2.43. The van der Waals surface area contributed by atoms with Crippen molar-refractivity contribution in [3.63, 3.8) is 0 Å². The zero-order valence-electron chi connectivity index (χ0n) is 17.5. The number of benzene rings is 2. The van der Waals surface area contributed by atoms with Gasteiger partial charge in [0.1, 0.15) is 6.61 Å². The van der Waals surface area contributed by atoms with Crippen molar-refractivity contribution in [3.05, 3.63) is 71.8 Å². The summed E-state index contributed by atoms with van der Waals surface area (Å²) in [5.74, 6) is -1.14. The van der Waals surface area contributed by atoms with Crippen molar-refractivity contribution in [1.29, 1.82) is 0 Å². The van der Waals surface area contributed by atoms with Crippen LogP contribution in [0.2, 0.25) is 0 Å². The molecule has 2 aromatic carbocycles. The summed E-state index contributed by atoms with van der Waals surface area (Å²) in [5.41, 5.74) is 2.14. The second kappa shape index (κ2) is 11.2. The van der Waals surface area contributed by atoms with Gasteiger partial charge < -0.3 is 24.1 Å². The van der Waals surface area contributed by atoms with Crippen molar-refractivity contribution >= 4 is 5.97 Å². The molecule has 1 aliphatic heterocycles. The van der Waals surface area contributed by atoms with Gasteiger partial charge in [-0.25, -0.2) is 4.79 Å². The van der Waals surface area contributed by atoms with Crippen molar-refractivity contribution in [2.24, 2.45) is 11.8 Å². The van der Waals surface area contributed by atoms with Gasteiger partial charge in [0.05, 0.1) is 32.0 Å². The van der Waals surface area contributed by atoms with Gasteiger partial charge in [-0.1, -0.05) is 74.5 Å². The van der Waals surface area contributed by atoms with E-state index in [1.807, 2.05) is 74.5 Å². The zero-order chi connectivity index (χ0) is 21.3. The van der Waals surface area contributed by atoms with Gasteiger partial charge in [-0.2, -0.15) is 0 Å². The van der Waals surface area contributed by atoms with Crippen LogP contribution in [0.25, 0.3) is 0 Å². The third kappa shape index (κ3) is 6.37. The van der Waals surface area contributed by atoms with Crippen LogP contribution in [-0.4, -0.2) is 42.8 Å². The van der Waals surface area contributed by atoms with Crippen LogP contribution in [0.15, 0.2) is 60.7 Å². The van der Waals surface area contributed by atoms with Crippen molar-refractivity contribution < 1.29 is 28.8 Å². The van der Waals surface area contributed by atoms with Crippen molar-refractivity contribution in [3.8, 4) is 0 Å². The molecule has 3 rings (SSSR count). The highest BCUT2D eigenvalue weighted by Crippen LogP contribution is 2.33. The van der Waals surface area contributed by atoms with Gasteiger partial charge in [0.15, 0.2) is 6.29 Å². The number of aliphatic carboxylic acids is 1. The molecular weight excluding hydrogens is 384 g/mol. The summed E-state index contributed by atoms with van der Waals surface area (Å²) < 4.78 is 23.9. The fraction of sp³-hybridized carbons (Fsp3) is 0.458. The normalized spacial score (nSPS) is 26.4. The van der Waals surface area contributed by atoms with E-state index in [0.717, 1.165) is 11.1 Å². The van der Waals surface area contributed by atoms with E-state index in [0.29, 0.717) is 19.8 Å². The number of rotatable bonds is 10. The van der Waals surface area contributed by atoms with E-state index >= 15 is 0 Å². The first-order valence-corrected chi connectivity index (χ1v) is 10.3. The molecule has 0 saturated carbocycles. The predicted octanol–water partition coefficient (Wildman–Crippen LogP) is 3.89. The second-order valence-electron chi connectivity index (χ2n) is 7.73. The number of ether oxygens (including phenoxy) is 4. The van der Waals surface area contributed by atoms with E-state index in [4.69, 9.17) is 24.1 Å². The fourth-order valence-electron chi connectivity index (χ4n) is 3.74. The molecule has 1 N–H and O–H groups in total. The number of carbonyl (C=O) groups is 1. The molecule has 0 amide bonds. The van der Waals surface area contributed by atoms with E-state index < -0.39 is 12.3 Å². The number of hydrogen-bond acceptors (Lipinski definition) is 5. The summed E-state index contributed by atoms with van der Waals surface area (Å²) in [6, 6.07) is 19.8. The van der Waals surface area contributed by atoms with Gasteiger partial charge in [0, 0.05) is 11.8 Å². The van der Waals surface area contributed by atoms with Crippen molar-refractivity contribution in [2.45, 2.75) is 45.6 Å². The van der Waals surface area contributed by atoms with Gasteiger partial charge >= 0.3 is 5.97 Å². The Morgan fingerprint density at radius 3 is 2.10 bits per heavy atom. The molecule has 1 fully saturated rings. The Balaban J connectivity index is 1.63. The van der Waals surface area contributed by atoms with Crippen LogP contribution in [0, 0.1) is 11.8 Å². The molecule has 6 heteroatoms. The maximum Gasteiger partial charge on any atom is 0.329 e. The number of hydrogen-bond donors (Lipinski definition) is 1. The van der Waals surface area contributed by atoms with Crippen LogP contribution < -0.4 is 0 Å². The molecule has 2 aromatic rings. The molecule has 0 bridgehead atoms. The summed E-state index contributed by atoms with van der Waals surface area (Å²) >= 11 is 0. The third-order valence-corrected chi connectivity index (χ3v) is 5.41. The standard InChI is InChI=1S/C24H30O6/c1-17-21(15-27-13-19-9-5-3-6-10-19)30-24(18(2)23(17)28-16-22(25)26)29-14-20-11-7-4-8-12-20/h3-12,17-18,21,23-24H,13-16H2,1-2H3,(H,25,26)/t17-,18?,21?,23-,24+/m0/s1. The lowest BCUT2D eigenvalue weighted by molar-refractivity contribution is -0.280. The van der Waals surface area contributed by atoms with Crippen LogP contribution in [0.1, 0.15) is 25.0 Å². The van der Waals surface area contributed by atoms with Crippen LogP contribution in [-0.2, 0) is 37.0 Å². The Morgan fingerprint density at radius 1 is 0.900 bits per heavy atom. The third-order valence-electron chi connectivity index (χ3n) is 5.41. The summed E-state index contributed by atoms with van der Waals surface area (Å²) in [6.07, 6.45) is -1.07. The summed E-state index contributed by atoms with van der Waals surface area (Å²) in [7, 11) is 0. The number of carboxylic acids is 1. The lowest BCUT2D eigenvalue weighted by atomic mass is 9.85. The molecule has 0 aliphatic carbocycles. The zero-order valence-corrected chi connectivity index (χ0v) is 17.5. The summed E-state index contributed by atoms with van der Waals surface area (Å²) in [5, 5.41) is 9.06. The fourth-order valence-corrected chi connectivity index (χ4v) is 3.74. The van der Waals surface area contributed by atoms with E-state index in [1.165, 1.54) is 0 Å². The summed E-state index contributed by atoms with van der Waals surface area (Å²) in [4.78, 5) is 11.0. The minimum absolute atomic E-state index is 0.0355. The van der Waals surface area contributed by atoms with Crippen LogP contribution in [0.5, 0.6) is 0 Å². The van der Waals surface area contributed by atoms with Gasteiger partial charge in [-0.15, -0.1) is 0 Å². The molecule has 1 saturated heterocycles. The maximum atomic E-state index is 11.0. The molecule has 1 aliphatic rings. The van der Waals surface area contributed by atoms with Crippen LogP contribution >= 0.6 is 0 Å². The number of carboxylic acid groups (broad SMARTS) is 1. The van der Waals surface area contributed by atoms with E-state index in [1.54, 1.807) is 0 Å². The summed E-state index contributed by atoms with van der Waals surface area (Å²) in [6.45, 7) is 4.91. The Bertz CT molecular complexity index is 766. The van der Waals surface area contributed by atoms with Crippen molar-refractivity contribution in [1.82, 2.24) is 0 Å². The van der Waals surface area contributed by atoms with Gasteiger partial charge in [-0.3, -0.25) is 0 Å². The molecule has 0 aromatic heterocycles.